The molecule has 1 saturated carbocycles. The number of hydrogen-bond donors (Lipinski definition) is 1. The van der Waals surface area contributed by atoms with Gasteiger partial charge in [0.25, 0.3) is 0 Å². The highest BCUT2D eigenvalue weighted by molar-refractivity contribution is 5.68. The van der Waals surface area contributed by atoms with Crippen molar-refractivity contribution in [3.63, 3.8) is 0 Å². The summed E-state index contributed by atoms with van der Waals surface area (Å²) in [5.74, 6) is 0.634. The van der Waals surface area contributed by atoms with Crippen molar-refractivity contribution in [1.29, 1.82) is 0 Å². The molecule has 0 bridgehead atoms. The molecule has 1 spiro atoms. The van der Waals surface area contributed by atoms with E-state index in [1.54, 1.807) is 11.1 Å². The molecule has 3 atom stereocenters. The van der Waals surface area contributed by atoms with Crippen molar-refractivity contribution in [2.45, 2.75) is 89.3 Å². The predicted molar refractivity (Wildman–Crippen MR) is 113 cm³/mol. The molecule has 1 heterocycles. The first kappa shape index (κ1) is 19.8. The van der Waals surface area contributed by atoms with Gasteiger partial charge in [0.15, 0.2) is 0 Å². The van der Waals surface area contributed by atoms with Crippen LogP contribution in [0.4, 0.5) is 4.79 Å². The van der Waals surface area contributed by atoms with Crippen molar-refractivity contribution < 1.29 is 9.53 Å². The van der Waals surface area contributed by atoms with E-state index < -0.39 is 5.60 Å². The number of fused-ring (bicyclic) bond motifs is 2. The van der Waals surface area contributed by atoms with Crippen LogP contribution in [-0.4, -0.2) is 41.8 Å². The Hall–Kier alpha value is -1.55. The molecule has 4 heteroatoms. The minimum Gasteiger partial charge on any atom is -0.444 e. The zero-order valence-electron chi connectivity index (χ0n) is 18.0. The van der Waals surface area contributed by atoms with E-state index in [4.69, 9.17) is 4.74 Å². The fourth-order valence-electron chi connectivity index (χ4n) is 5.41. The number of hydrogen-bond acceptors (Lipinski definition) is 3. The highest BCUT2D eigenvalue weighted by Gasteiger charge is 2.56. The molecular formula is C24H36N2O2. The standard InChI is InChI=1S/C24H36N2O2/c1-17(18-11-14-26(15-12-18)22(27)28-23(2,3)4)25-21-16-24(21)13-7-9-19-8-5-6-10-20(19)24/h5-6,8,10,17-18,21,25H,7,9,11-16H2,1-4H3. The Balaban J connectivity index is 1.30. The third-order valence-electron chi connectivity index (χ3n) is 7.06. The number of amides is 1. The smallest absolute Gasteiger partial charge is 0.410 e. The fourth-order valence-corrected chi connectivity index (χ4v) is 5.41. The van der Waals surface area contributed by atoms with Gasteiger partial charge >= 0.3 is 6.09 Å². The first-order chi connectivity index (χ1) is 13.3. The summed E-state index contributed by atoms with van der Waals surface area (Å²) >= 11 is 0. The number of aryl methyl sites for hydroxylation is 1. The monoisotopic (exact) mass is 384 g/mol. The largest absolute Gasteiger partial charge is 0.444 e. The molecule has 3 unspecified atom stereocenters. The molecule has 28 heavy (non-hydrogen) atoms. The lowest BCUT2D eigenvalue weighted by Gasteiger charge is -2.36. The zero-order chi connectivity index (χ0) is 19.9. The molecule has 2 aliphatic carbocycles. The second-order valence-electron chi connectivity index (χ2n) is 10.2. The Morgan fingerprint density at radius 2 is 1.96 bits per heavy atom. The van der Waals surface area contributed by atoms with E-state index in [-0.39, 0.29) is 6.09 Å². The van der Waals surface area contributed by atoms with Gasteiger partial charge in [-0.1, -0.05) is 24.3 Å². The number of nitrogens with zero attached hydrogens (tertiary/aromatic N) is 1. The van der Waals surface area contributed by atoms with Crippen LogP contribution in [0.1, 0.15) is 70.9 Å². The van der Waals surface area contributed by atoms with Crippen molar-refractivity contribution in [2.24, 2.45) is 5.92 Å². The summed E-state index contributed by atoms with van der Waals surface area (Å²) in [6.45, 7) is 9.75. The van der Waals surface area contributed by atoms with Gasteiger partial charge in [-0.15, -0.1) is 0 Å². The van der Waals surface area contributed by atoms with Crippen molar-refractivity contribution in [3.05, 3.63) is 35.4 Å². The Labute approximate surface area is 170 Å². The average molecular weight is 385 g/mol. The molecule has 1 aliphatic heterocycles. The normalized spacial score (nSPS) is 28.7. The van der Waals surface area contributed by atoms with Crippen molar-refractivity contribution >= 4 is 6.09 Å². The van der Waals surface area contributed by atoms with Gasteiger partial charge in [0.2, 0.25) is 0 Å². The molecule has 2 fully saturated rings. The molecule has 1 saturated heterocycles. The molecule has 0 aromatic heterocycles. The summed E-state index contributed by atoms with van der Waals surface area (Å²) in [6.07, 6.45) is 7.12. The molecule has 1 aromatic carbocycles. The van der Waals surface area contributed by atoms with Crippen LogP contribution in [0.15, 0.2) is 24.3 Å². The first-order valence-electron chi connectivity index (χ1n) is 11.1. The average Bonchev–Trinajstić information content (AvgIpc) is 3.33. The summed E-state index contributed by atoms with van der Waals surface area (Å²) in [7, 11) is 0. The number of likely N-dealkylation sites (tertiary alicyclic amines) is 1. The van der Waals surface area contributed by atoms with Crippen LogP contribution in [-0.2, 0) is 16.6 Å². The Morgan fingerprint density at radius 3 is 2.68 bits per heavy atom. The van der Waals surface area contributed by atoms with Crippen LogP contribution in [0.25, 0.3) is 0 Å². The maximum atomic E-state index is 12.3. The van der Waals surface area contributed by atoms with Gasteiger partial charge in [-0.25, -0.2) is 4.79 Å². The minimum atomic E-state index is -0.417. The molecule has 1 N–H and O–H groups in total. The van der Waals surface area contributed by atoms with Gasteiger partial charge in [-0.2, -0.15) is 0 Å². The van der Waals surface area contributed by atoms with Gasteiger partial charge in [0, 0.05) is 30.6 Å². The van der Waals surface area contributed by atoms with Crippen LogP contribution in [0.2, 0.25) is 0 Å². The molecule has 0 radical (unpaired) electrons. The highest BCUT2D eigenvalue weighted by atomic mass is 16.6. The van der Waals surface area contributed by atoms with Gasteiger partial charge < -0.3 is 15.0 Å². The molecule has 1 aromatic rings. The quantitative estimate of drug-likeness (QED) is 0.824. The number of rotatable bonds is 3. The lowest BCUT2D eigenvalue weighted by molar-refractivity contribution is 0.0171. The zero-order valence-corrected chi connectivity index (χ0v) is 18.0. The third kappa shape index (κ3) is 3.94. The molecule has 154 valence electrons. The van der Waals surface area contributed by atoms with Crippen LogP contribution in [0, 0.1) is 5.92 Å². The maximum absolute atomic E-state index is 12.3. The van der Waals surface area contributed by atoms with E-state index in [1.807, 2.05) is 25.7 Å². The van der Waals surface area contributed by atoms with Crippen LogP contribution in [0.5, 0.6) is 0 Å². The van der Waals surface area contributed by atoms with Crippen molar-refractivity contribution in [2.75, 3.05) is 13.1 Å². The number of nitrogens with one attached hydrogen (secondary N) is 1. The molecular weight excluding hydrogens is 348 g/mol. The SMILES string of the molecule is CC(NC1CC12CCCc1ccccc12)C1CCN(C(=O)OC(C)(C)C)CC1. The number of carbonyl (C=O) groups is 1. The van der Waals surface area contributed by atoms with Crippen LogP contribution in [0.3, 0.4) is 0 Å². The summed E-state index contributed by atoms with van der Waals surface area (Å²) in [5, 5.41) is 3.97. The van der Waals surface area contributed by atoms with Crippen molar-refractivity contribution in [1.82, 2.24) is 10.2 Å². The second kappa shape index (κ2) is 7.37. The van der Waals surface area contributed by atoms with Gasteiger partial charge in [-0.3, -0.25) is 0 Å². The molecule has 3 aliphatic rings. The van der Waals surface area contributed by atoms with Gasteiger partial charge in [-0.05, 0) is 83.3 Å². The van der Waals surface area contributed by atoms with Crippen LogP contribution < -0.4 is 5.32 Å². The van der Waals surface area contributed by atoms with Crippen molar-refractivity contribution in [3.8, 4) is 0 Å². The topological polar surface area (TPSA) is 41.6 Å². The summed E-state index contributed by atoms with van der Waals surface area (Å²) in [4.78, 5) is 14.2. The first-order valence-corrected chi connectivity index (χ1v) is 11.1. The highest BCUT2D eigenvalue weighted by Crippen LogP contribution is 2.55. The number of benzene rings is 1. The molecule has 4 nitrogen and oxygen atoms in total. The Bertz CT molecular complexity index is 718. The van der Waals surface area contributed by atoms with E-state index >= 15 is 0 Å². The maximum Gasteiger partial charge on any atom is 0.410 e. The molecule has 1 amide bonds. The van der Waals surface area contributed by atoms with Gasteiger partial charge in [0.05, 0.1) is 0 Å². The van der Waals surface area contributed by atoms with E-state index in [0.29, 0.717) is 23.4 Å². The van der Waals surface area contributed by atoms with Gasteiger partial charge in [0.1, 0.15) is 5.60 Å². The number of piperidine rings is 1. The summed E-state index contributed by atoms with van der Waals surface area (Å²) in [5.41, 5.74) is 3.14. The van der Waals surface area contributed by atoms with E-state index in [2.05, 4.69) is 36.5 Å². The number of ether oxygens (including phenoxy) is 1. The molecule has 4 rings (SSSR count). The second-order valence-corrected chi connectivity index (χ2v) is 10.2. The predicted octanol–water partition coefficient (Wildman–Crippen LogP) is 4.66. The Morgan fingerprint density at radius 1 is 1.25 bits per heavy atom. The minimum absolute atomic E-state index is 0.161. The summed E-state index contributed by atoms with van der Waals surface area (Å²) in [6, 6.07) is 10.2. The van der Waals surface area contributed by atoms with E-state index in [0.717, 1.165) is 25.9 Å². The fraction of sp³-hybridized carbons (Fsp3) is 0.708. The van der Waals surface area contributed by atoms with Crippen LogP contribution >= 0.6 is 0 Å². The number of carbonyl (C=O) groups excluding carboxylic acids is 1. The third-order valence-corrected chi connectivity index (χ3v) is 7.06. The lowest BCUT2D eigenvalue weighted by atomic mass is 9.79. The Kier molecular flexibility index (Phi) is 5.20. The van der Waals surface area contributed by atoms with E-state index in [1.165, 1.54) is 25.7 Å². The lowest BCUT2D eigenvalue weighted by Crippen LogP contribution is -2.46. The van der Waals surface area contributed by atoms with E-state index in [9.17, 15) is 4.79 Å². The summed E-state index contributed by atoms with van der Waals surface area (Å²) < 4.78 is 5.53.